The summed E-state index contributed by atoms with van der Waals surface area (Å²) in [6.07, 6.45) is 42.1. The van der Waals surface area contributed by atoms with E-state index in [-0.39, 0.29) is 0 Å². The standard InChI is InChI=1S/C42H82O4/c1-39(2)35-31-27-23-19-15-11-7-5-9-13-17-21-25-29-33-37-45-41(43)42(44)46-38-34-30-26-22-18-14-10-6-8-12-16-20-24-28-32-36-40(3)4/h39-40H,5-38H2,1-4H3. The number of esters is 2. The maximum Gasteiger partial charge on any atom is 0.417 e. The summed E-state index contributed by atoms with van der Waals surface area (Å²) >= 11 is 0. The van der Waals surface area contributed by atoms with E-state index in [0.29, 0.717) is 13.2 Å². The summed E-state index contributed by atoms with van der Waals surface area (Å²) in [6, 6.07) is 0. The van der Waals surface area contributed by atoms with Crippen LogP contribution in [0, 0.1) is 11.8 Å². The largest absolute Gasteiger partial charge is 0.457 e. The molecule has 274 valence electrons. The van der Waals surface area contributed by atoms with Crippen LogP contribution < -0.4 is 0 Å². The Kier molecular flexibility index (Phi) is 35.9. The quantitative estimate of drug-likeness (QED) is 0.0384. The fourth-order valence-corrected chi connectivity index (χ4v) is 6.35. The van der Waals surface area contributed by atoms with Crippen molar-refractivity contribution in [2.75, 3.05) is 13.2 Å². The van der Waals surface area contributed by atoms with E-state index >= 15 is 0 Å². The molecule has 0 saturated heterocycles. The molecule has 0 rings (SSSR count). The summed E-state index contributed by atoms with van der Waals surface area (Å²) in [6.45, 7) is 9.94. The van der Waals surface area contributed by atoms with Crippen molar-refractivity contribution in [2.45, 2.75) is 233 Å². The molecule has 0 bridgehead atoms. The summed E-state index contributed by atoms with van der Waals surface area (Å²) in [4.78, 5) is 23.7. The number of rotatable bonds is 36. The van der Waals surface area contributed by atoms with Crippen LogP contribution >= 0.6 is 0 Å². The summed E-state index contributed by atoms with van der Waals surface area (Å²) in [5.41, 5.74) is 0. The van der Waals surface area contributed by atoms with E-state index in [2.05, 4.69) is 27.7 Å². The number of ether oxygens (including phenoxy) is 2. The molecule has 46 heavy (non-hydrogen) atoms. The molecule has 0 saturated carbocycles. The first-order valence-electron chi connectivity index (χ1n) is 20.8. The highest BCUT2D eigenvalue weighted by Crippen LogP contribution is 2.16. The predicted octanol–water partition coefficient (Wildman–Crippen LogP) is 13.9. The molecule has 0 aliphatic carbocycles. The highest BCUT2D eigenvalue weighted by Gasteiger charge is 2.16. The Balaban J connectivity index is 3.27. The fraction of sp³-hybridized carbons (Fsp3) is 0.952. The lowest BCUT2D eigenvalue weighted by Crippen LogP contribution is -2.21. The molecule has 0 unspecified atom stereocenters. The third kappa shape index (κ3) is 37.4. The van der Waals surface area contributed by atoms with Crippen LogP contribution in [0.5, 0.6) is 0 Å². The minimum Gasteiger partial charge on any atom is -0.457 e. The molecule has 0 aliphatic heterocycles. The fourth-order valence-electron chi connectivity index (χ4n) is 6.35. The van der Waals surface area contributed by atoms with Crippen LogP contribution in [0.25, 0.3) is 0 Å². The Morgan fingerprint density at radius 3 is 0.674 bits per heavy atom. The maximum absolute atomic E-state index is 11.9. The lowest BCUT2D eigenvalue weighted by molar-refractivity contribution is -0.167. The topological polar surface area (TPSA) is 52.6 Å². The van der Waals surface area contributed by atoms with Crippen LogP contribution in [0.1, 0.15) is 233 Å². The van der Waals surface area contributed by atoms with E-state index in [1.54, 1.807) is 0 Å². The van der Waals surface area contributed by atoms with Crippen molar-refractivity contribution in [1.29, 1.82) is 0 Å². The van der Waals surface area contributed by atoms with E-state index in [4.69, 9.17) is 9.47 Å². The zero-order valence-electron chi connectivity index (χ0n) is 31.8. The Bertz CT molecular complexity index is 575. The van der Waals surface area contributed by atoms with Gasteiger partial charge in [-0.15, -0.1) is 0 Å². The van der Waals surface area contributed by atoms with E-state index in [1.807, 2.05) is 0 Å². The second kappa shape index (κ2) is 36.8. The zero-order chi connectivity index (χ0) is 33.8. The van der Waals surface area contributed by atoms with Gasteiger partial charge in [-0.1, -0.05) is 220 Å². The van der Waals surface area contributed by atoms with Crippen LogP contribution in [-0.2, 0) is 19.1 Å². The highest BCUT2D eigenvalue weighted by atomic mass is 16.6. The minimum atomic E-state index is -0.826. The first-order chi connectivity index (χ1) is 22.4. The Morgan fingerprint density at radius 2 is 0.478 bits per heavy atom. The molecule has 4 heteroatoms. The van der Waals surface area contributed by atoms with E-state index in [1.165, 1.54) is 180 Å². The number of hydrogen-bond acceptors (Lipinski definition) is 4. The minimum absolute atomic E-state index is 0.324. The first-order valence-corrected chi connectivity index (χ1v) is 20.8. The molecule has 0 spiro atoms. The lowest BCUT2D eigenvalue weighted by atomic mass is 10.0. The molecule has 4 nitrogen and oxygen atoms in total. The molecule has 0 fully saturated rings. The molecule has 0 N–H and O–H groups in total. The van der Waals surface area contributed by atoms with Gasteiger partial charge in [0.1, 0.15) is 0 Å². The monoisotopic (exact) mass is 651 g/mol. The van der Waals surface area contributed by atoms with E-state index in [0.717, 1.165) is 37.5 Å². The second-order valence-corrected chi connectivity index (χ2v) is 15.2. The van der Waals surface area contributed by atoms with Crippen molar-refractivity contribution in [2.24, 2.45) is 11.8 Å². The van der Waals surface area contributed by atoms with Gasteiger partial charge in [-0.2, -0.15) is 0 Å². The van der Waals surface area contributed by atoms with Crippen LogP contribution in [-0.4, -0.2) is 25.2 Å². The zero-order valence-corrected chi connectivity index (χ0v) is 31.8. The normalized spacial score (nSPS) is 11.5. The third-order valence-electron chi connectivity index (χ3n) is 9.48. The van der Waals surface area contributed by atoms with Crippen molar-refractivity contribution in [3.05, 3.63) is 0 Å². The van der Waals surface area contributed by atoms with Crippen molar-refractivity contribution >= 4 is 11.9 Å². The van der Waals surface area contributed by atoms with Crippen molar-refractivity contribution < 1.29 is 19.1 Å². The molecule has 0 aromatic rings. The Morgan fingerprint density at radius 1 is 0.304 bits per heavy atom. The van der Waals surface area contributed by atoms with Crippen molar-refractivity contribution in [3.63, 3.8) is 0 Å². The van der Waals surface area contributed by atoms with E-state index < -0.39 is 11.9 Å². The maximum atomic E-state index is 11.9. The molecule has 0 aromatic heterocycles. The second-order valence-electron chi connectivity index (χ2n) is 15.2. The molecule has 0 aromatic carbocycles. The average Bonchev–Trinajstić information content (AvgIpc) is 3.03. The summed E-state index contributed by atoms with van der Waals surface area (Å²) in [7, 11) is 0. The Hall–Kier alpha value is -1.06. The van der Waals surface area contributed by atoms with Gasteiger partial charge in [0, 0.05) is 0 Å². The predicted molar refractivity (Wildman–Crippen MR) is 199 cm³/mol. The molecular weight excluding hydrogens is 568 g/mol. The molecule has 0 amide bonds. The number of carbonyl (C=O) groups is 2. The van der Waals surface area contributed by atoms with Gasteiger partial charge in [0.2, 0.25) is 0 Å². The Labute approximate surface area is 288 Å². The summed E-state index contributed by atoms with van der Waals surface area (Å²) in [5, 5.41) is 0. The first kappa shape index (κ1) is 44.9. The van der Waals surface area contributed by atoms with Gasteiger partial charge in [0.15, 0.2) is 0 Å². The van der Waals surface area contributed by atoms with E-state index in [9.17, 15) is 9.59 Å². The summed E-state index contributed by atoms with van der Waals surface area (Å²) < 4.78 is 10.2. The lowest BCUT2D eigenvalue weighted by Gasteiger charge is -2.06. The van der Waals surface area contributed by atoms with Crippen LogP contribution in [0.4, 0.5) is 0 Å². The van der Waals surface area contributed by atoms with Gasteiger partial charge < -0.3 is 9.47 Å². The SMILES string of the molecule is CC(C)CCCCCCCCCCCCCCCCCOC(=O)C(=O)OCCCCCCCCCCCCCCCCCC(C)C. The molecule has 0 heterocycles. The van der Waals surface area contributed by atoms with Crippen molar-refractivity contribution in [3.8, 4) is 0 Å². The van der Waals surface area contributed by atoms with Gasteiger partial charge in [0.05, 0.1) is 13.2 Å². The molecule has 0 radical (unpaired) electrons. The van der Waals surface area contributed by atoms with Crippen LogP contribution in [0.2, 0.25) is 0 Å². The van der Waals surface area contributed by atoms with Gasteiger partial charge in [-0.3, -0.25) is 0 Å². The van der Waals surface area contributed by atoms with Crippen LogP contribution in [0.3, 0.4) is 0 Å². The van der Waals surface area contributed by atoms with Gasteiger partial charge >= 0.3 is 11.9 Å². The number of hydrogen-bond donors (Lipinski definition) is 0. The molecular formula is C42H82O4. The third-order valence-corrected chi connectivity index (χ3v) is 9.48. The number of unbranched alkanes of at least 4 members (excludes halogenated alkanes) is 28. The smallest absolute Gasteiger partial charge is 0.417 e. The average molecular weight is 651 g/mol. The van der Waals surface area contributed by atoms with Gasteiger partial charge in [0.25, 0.3) is 0 Å². The van der Waals surface area contributed by atoms with Crippen molar-refractivity contribution in [1.82, 2.24) is 0 Å². The number of carbonyl (C=O) groups excluding carboxylic acids is 2. The van der Waals surface area contributed by atoms with Crippen LogP contribution in [0.15, 0.2) is 0 Å². The summed E-state index contributed by atoms with van der Waals surface area (Å²) in [5.74, 6) is 0.0695. The van der Waals surface area contributed by atoms with Gasteiger partial charge in [-0.05, 0) is 24.7 Å². The molecule has 0 atom stereocenters. The highest BCUT2D eigenvalue weighted by molar-refractivity contribution is 6.29. The van der Waals surface area contributed by atoms with Gasteiger partial charge in [-0.25, -0.2) is 9.59 Å². The molecule has 0 aliphatic rings.